The van der Waals surface area contributed by atoms with Crippen molar-refractivity contribution in [3.8, 4) is 6.07 Å². The Hall–Kier alpha value is -1.21. The fourth-order valence-corrected chi connectivity index (χ4v) is 2.50. The highest BCUT2D eigenvalue weighted by atomic mass is 79.9. The second-order valence-electron chi connectivity index (χ2n) is 4.01. The first-order chi connectivity index (χ1) is 9.01. The number of rotatable bonds is 2. The number of nitrogens with one attached hydrogen (secondary N) is 1. The van der Waals surface area contributed by atoms with Crippen LogP contribution in [0.1, 0.15) is 11.1 Å². The largest absolute Gasteiger partial charge is 0.353 e. The van der Waals surface area contributed by atoms with Gasteiger partial charge in [0.25, 0.3) is 0 Å². The van der Waals surface area contributed by atoms with Gasteiger partial charge in [0.05, 0.1) is 16.9 Å². The Bertz CT molecular complexity index is 678. The molecule has 0 amide bonds. The summed E-state index contributed by atoms with van der Waals surface area (Å²) in [6.45, 7) is 1.93. The normalized spacial score (nSPS) is 10.1. The van der Waals surface area contributed by atoms with Crippen LogP contribution < -0.4 is 5.32 Å². The molecular weight excluding hydrogens is 347 g/mol. The number of nitrogens with zero attached hydrogens (tertiary/aromatic N) is 1. The van der Waals surface area contributed by atoms with Gasteiger partial charge in [-0.3, -0.25) is 0 Å². The molecule has 0 saturated carbocycles. The van der Waals surface area contributed by atoms with Crippen LogP contribution in [0, 0.1) is 18.3 Å². The van der Waals surface area contributed by atoms with Gasteiger partial charge in [-0.05, 0) is 58.7 Å². The van der Waals surface area contributed by atoms with Crippen molar-refractivity contribution < 1.29 is 0 Å². The van der Waals surface area contributed by atoms with E-state index in [2.05, 4.69) is 27.3 Å². The Labute approximate surface area is 130 Å². The minimum Gasteiger partial charge on any atom is -0.353 e. The lowest BCUT2D eigenvalue weighted by atomic mass is 10.1. The zero-order valence-electron chi connectivity index (χ0n) is 9.97. The second-order valence-corrected chi connectivity index (χ2v) is 5.71. The lowest BCUT2D eigenvalue weighted by molar-refractivity contribution is 1.42. The summed E-state index contributed by atoms with van der Waals surface area (Å²) in [6.07, 6.45) is 0. The molecule has 0 aromatic heterocycles. The van der Waals surface area contributed by atoms with Crippen molar-refractivity contribution in [2.45, 2.75) is 6.92 Å². The molecule has 0 aliphatic heterocycles. The maximum Gasteiger partial charge on any atom is 0.101 e. The molecular formula is C14H9BrCl2N2. The van der Waals surface area contributed by atoms with Crippen LogP contribution in [0.25, 0.3) is 0 Å². The van der Waals surface area contributed by atoms with E-state index in [0.29, 0.717) is 21.3 Å². The highest BCUT2D eigenvalue weighted by molar-refractivity contribution is 9.10. The summed E-state index contributed by atoms with van der Waals surface area (Å²) in [5, 5.41) is 13.5. The van der Waals surface area contributed by atoms with E-state index in [-0.39, 0.29) is 0 Å². The van der Waals surface area contributed by atoms with Gasteiger partial charge < -0.3 is 5.32 Å². The van der Waals surface area contributed by atoms with Crippen LogP contribution >= 0.6 is 39.1 Å². The molecule has 2 aromatic carbocycles. The maximum atomic E-state index is 9.10. The van der Waals surface area contributed by atoms with E-state index in [1.165, 1.54) is 0 Å². The van der Waals surface area contributed by atoms with Gasteiger partial charge in [0.2, 0.25) is 0 Å². The van der Waals surface area contributed by atoms with Crippen molar-refractivity contribution in [2.24, 2.45) is 0 Å². The van der Waals surface area contributed by atoms with Gasteiger partial charge >= 0.3 is 0 Å². The molecule has 0 atom stereocenters. The highest BCUT2D eigenvalue weighted by Crippen LogP contribution is 2.32. The second kappa shape index (κ2) is 5.83. The number of nitriles is 1. The first kappa shape index (κ1) is 14.2. The molecule has 0 bridgehead atoms. The predicted molar refractivity (Wildman–Crippen MR) is 83.3 cm³/mol. The summed E-state index contributed by atoms with van der Waals surface area (Å²) in [5.74, 6) is 0. The summed E-state index contributed by atoms with van der Waals surface area (Å²) in [4.78, 5) is 0. The molecule has 2 aromatic rings. The third kappa shape index (κ3) is 3.22. The fraction of sp³-hybridized carbons (Fsp3) is 0.0714. The Kier molecular flexibility index (Phi) is 4.36. The Morgan fingerprint density at radius 1 is 1.16 bits per heavy atom. The van der Waals surface area contributed by atoms with Crippen molar-refractivity contribution >= 4 is 50.5 Å². The average Bonchev–Trinajstić information content (AvgIpc) is 2.37. The van der Waals surface area contributed by atoms with E-state index in [0.717, 1.165) is 15.7 Å². The van der Waals surface area contributed by atoms with E-state index >= 15 is 0 Å². The highest BCUT2D eigenvalue weighted by Gasteiger charge is 2.08. The van der Waals surface area contributed by atoms with Crippen LogP contribution in [0.4, 0.5) is 11.4 Å². The van der Waals surface area contributed by atoms with E-state index in [1.807, 2.05) is 19.1 Å². The van der Waals surface area contributed by atoms with Crippen LogP contribution in [0.15, 0.2) is 34.8 Å². The number of benzene rings is 2. The minimum atomic E-state index is 0.482. The molecule has 2 nitrogen and oxygen atoms in total. The van der Waals surface area contributed by atoms with Gasteiger partial charge in [0, 0.05) is 14.5 Å². The molecule has 1 N–H and O–H groups in total. The molecule has 2 rings (SSSR count). The molecule has 19 heavy (non-hydrogen) atoms. The Morgan fingerprint density at radius 3 is 2.58 bits per heavy atom. The summed E-state index contributed by atoms with van der Waals surface area (Å²) < 4.78 is 0.883. The van der Waals surface area contributed by atoms with E-state index in [9.17, 15) is 0 Å². The van der Waals surface area contributed by atoms with Crippen molar-refractivity contribution in [3.05, 3.63) is 56.0 Å². The zero-order chi connectivity index (χ0) is 14.0. The molecule has 5 heteroatoms. The van der Waals surface area contributed by atoms with Gasteiger partial charge in [0.1, 0.15) is 6.07 Å². The Morgan fingerprint density at radius 2 is 1.89 bits per heavy atom. The van der Waals surface area contributed by atoms with Gasteiger partial charge in [-0.1, -0.05) is 23.2 Å². The van der Waals surface area contributed by atoms with Crippen molar-refractivity contribution in [1.82, 2.24) is 0 Å². The molecule has 0 aliphatic rings. The zero-order valence-corrected chi connectivity index (χ0v) is 13.1. The van der Waals surface area contributed by atoms with Gasteiger partial charge in [-0.15, -0.1) is 0 Å². The molecule has 0 fully saturated rings. The molecule has 0 heterocycles. The smallest absolute Gasteiger partial charge is 0.101 e. The van der Waals surface area contributed by atoms with Crippen LogP contribution in [0.2, 0.25) is 10.0 Å². The number of hydrogen-bond donors (Lipinski definition) is 1. The minimum absolute atomic E-state index is 0.482. The number of aryl methyl sites for hydroxylation is 1. The third-order valence-corrected chi connectivity index (χ3v) is 3.92. The van der Waals surface area contributed by atoms with Crippen molar-refractivity contribution in [3.63, 3.8) is 0 Å². The average molecular weight is 356 g/mol. The first-order valence-electron chi connectivity index (χ1n) is 5.43. The molecule has 96 valence electrons. The van der Waals surface area contributed by atoms with Crippen LogP contribution in [0.3, 0.4) is 0 Å². The van der Waals surface area contributed by atoms with E-state index in [1.54, 1.807) is 18.2 Å². The molecule has 0 aliphatic carbocycles. The summed E-state index contributed by atoms with van der Waals surface area (Å²) in [6, 6.07) is 11.0. The Balaban J connectivity index is 2.42. The molecule has 0 radical (unpaired) electrons. The van der Waals surface area contributed by atoms with Crippen LogP contribution in [-0.4, -0.2) is 0 Å². The van der Waals surface area contributed by atoms with Crippen LogP contribution in [-0.2, 0) is 0 Å². The number of hydrogen-bond acceptors (Lipinski definition) is 2. The quantitative estimate of drug-likeness (QED) is 0.752. The van der Waals surface area contributed by atoms with Gasteiger partial charge in [-0.2, -0.15) is 5.26 Å². The topological polar surface area (TPSA) is 35.8 Å². The monoisotopic (exact) mass is 354 g/mol. The summed E-state index contributed by atoms with van der Waals surface area (Å²) >= 11 is 15.4. The van der Waals surface area contributed by atoms with Crippen LogP contribution in [0.5, 0.6) is 0 Å². The summed E-state index contributed by atoms with van der Waals surface area (Å²) in [5.41, 5.74) is 2.95. The first-order valence-corrected chi connectivity index (χ1v) is 6.98. The van der Waals surface area contributed by atoms with Crippen molar-refractivity contribution in [2.75, 3.05) is 5.32 Å². The standard InChI is InChI=1S/C14H9BrCl2N2/c1-8-4-11(15)14(6-12(8)17)19-13-3-2-10(16)5-9(13)7-18/h2-6,19H,1H3. The van der Waals surface area contributed by atoms with E-state index in [4.69, 9.17) is 28.5 Å². The summed E-state index contributed by atoms with van der Waals surface area (Å²) in [7, 11) is 0. The number of halogens is 3. The molecule has 0 spiro atoms. The predicted octanol–water partition coefficient (Wildman–Crippen LogP) is 5.68. The lowest BCUT2D eigenvalue weighted by Gasteiger charge is -2.12. The maximum absolute atomic E-state index is 9.10. The third-order valence-electron chi connectivity index (χ3n) is 2.62. The molecule has 0 unspecified atom stereocenters. The number of anilines is 2. The SMILES string of the molecule is Cc1cc(Br)c(Nc2ccc(Cl)cc2C#N)cc1Cl. The lowest BCUT2D eigenvalue weighted by Crippen LogP contribution is -1.95. The van der Waals surface area contributed by atoms with Crippen molar-refractivity contribution in [1.29, 1.82) is 5.26 Å². The van der Waals surface area contributed by atoms with E-state index < -0.39 is 0 Å². The van der Waals surface area contributed by atoms with Gasteiger partial charge in [-0.25, -0.2) is 0 Å². The van der Waals surface area contributed by atoms with Gasteiger partial charge in [0.15, 0.2) is 0 Å². The molecule has 0 saturated heterocycles. The fourth-order valence-electron chi connectivity index (χ4n) is 1.61.